The number of halogens is 1. The molecule has 1 heterocycles. The van der Waals surface area contributed by atoms with Gasteiger partial charge in [-0.1, -0.05) is 23.7 Å². The molecule has 2 N–H and O–H groups in total. The SMILES string of the molecule is COc1ccc(C(NC(=O)CNc2cc(Cl)ccc2C(=O)N2CCCC2)C2CC2)cc1. The number of amides is 2. The zero-order chi connectivity index (χ0) is 21.8. The van der Waals surface area contributed by atoms with E-state index in [1.54, 1.807) is 25.3 Å². The van der Waals surface area contributed by atoms with Gasteiger partial charge in [0.05, 0.1) is 25.3 Å². The summed E-state index contributed by atoms with van der Waals surface area (Å²) in [5.74, 6) is 1.11. The maximum atomic E-state index is 12.9. The molecule has 2 aromatic rings. The Bertz CT molecular complexity index is 938. The van der Waals surface area contributed by atoms with Crippen molar-refractivity contribution in [2.24, 2.45) is 5.92 Å². The monoisotopic (exact) mass is 441 g/mol. The first-order valence-corrected chi connectivity index (χ1v) is 11.2. The van der Waals surface area contributed by atoms with Crippen LogP contribution < -0.4 is 15.4 Å². The van der Waals surface area contributed by atoms with Gasteiger partial charge in [0.2, 0.25) is 5.91 Å². The maximum Gasteiger partial charge on any atom is 0.255 e. The average Bonchev–Trinajstić information content (AvgIpc) is 3.48. The standard InChI is InChI=1S/C24H28ClN3O3/c1-31-19-9-6-17(7-10-19)23(16-4-5-16)27-22(29)15-26-21-14-18(25)8-11-20(21)24(30)28-12-2-3-13-28/h6-11,14,16,23,26H,2-5,12-13,15H2,1H3,(H,27,29). The Morgan fingerprint density at radius 3 is 2.48 bits per heavy atom. The molecule has 4 rings (SSSR count). The van der Waals surface area contributed by atoms with Crippen LogP contribution in [0.15, 0.2) is 42.5 Å². The highest BCUT2D eigenvalue weighted by Gasteiger charge is 2.33. The second kappa shape index (κ2) is 9.60. The molecule has 6 nitrogen and oxygen atoms in total. The molecule has 2 aromatic carbocycles. The highest BCUT2D eigenvalue weighted by molar-refractivity contribution is 6.31. The summed E-state index contributed by atoms with van der Waals surface area (Å²) < 4.78 is 5.23. The van der Waals surface area contributed by atoms with Gasteiger partial charge in [0.25, 0.3) is 5.91 Å². The average molecular weight is 442 g/mol. The Labute approximate surface area is 187 Å². The molecule has 1 aliphatic heterocycles. The third-order valence-electron chi connectivity index (χ3n) is 5.93. The number of hydrogen-bond acceptors (Lipinski definition) is 4. The first-order valence-electron chi connectivity index (χ1n) is 10.8. The quantitative estimate of drug-likeness (QED) is 0.642. The Morgan fingerprint density at radius 2 is 1.84 bits per heavy atom. The van der Waals surface area contributed by atoms with E-state index in [0.717, 1.165) is 50.1 Å². The van der Waals surface area contributed by atoms with E-state index in [-0.39, 0.29) is 24.4 Å². The van der Waals surface area contributed by atoms with Crippen molar-refractivity contribution in [3.63, 3.8) is 0 Å². The van der Waals surface area contributed by atoms with Crippen LogP contribution in [0, 0.1) is 5.92 Å². The molecule has 31 heavy (non-hydrogen) atoms. The van der Waals surface area contributed by atoms with Crippen LogP contribution >= 0.6 is 11.6 Å². The van der Waals surface area contributed by atoms with Gasteiger partial charge in [-0.15, -0.1) is 0 Å². The number of carbonyl (C=O) groups excluding carboxylic acids is 2. The van der Waals surface area contributed by atoms with Gasteiger partial charge in [-0.3, -0.25) is 9.59 Å². The van der Waals surface area contributed by atoms with Gasteiger partial charge < -0.3 is 20.3 Å². The molecule has 1 atom stereocenters. The lowest BCUT2D eigenvalue weighted by molar-refractivity contribution is -0.120. The van der Waals surface area contributed by atoms with Crippen molar-refractivity contribution < 1.29 is 14.3 Å². The highest BCUT2D eigenvalue weighted by atomic mass is 35.5. The zero-order valence-electron chi connectivity index (χ0n) is 17.7. The van der Waals surface area contributed by atoms with E-state index >= 15 is 0 Å². The van der Waals surface area contributed by atoms with Crippen LogP contribution in [0.25, 0.3) is 0 Å². The number of carbonyl (C=O) groups is 2. The van der Waals surface area contributed by atoms with Crippen molar-refractivity contribution in [3.8, 4) is 5.75 Å². The normalized spacial score (nSPS) is 16.6. The molecule has 1 unspecified atom stereocenters. The number of hydrogen-bond donors (Lipinski definition) is 2. The second-order valence-electron chi connectivity index (χ2n) is 8.20. The van der Waals surface area contributed by atoms with Crippen molar-refractivity contribution in [3.05, 3.63) is 58.6 Å². The number of ether oxygens (including phenoxy) is 1. The Balaban J connectivity index is 1.41. The molecule has 164 valence electrons. The van der Waals surface area contributed by atoms with Gasteiger partial charge >= 0.3 is 0 Å². The summed E-state index contributed by atoms with van der Waals surface area (Å²) in [6.45, 7) is 1.61. The molecule has 0 aromatic heterocycles. The number of benzene rings is 2. The Hall–Kier alpha value is -2.73. The lowest BCUT2D eigenvalue weighted by atomic mass is 10.0. The van der Waals surface area contributed by atoms with E-state index < -0.39 is 0 Å². The van der Waals surface area contributed by atoms with Gasteiger partial charge in [0, 0.05) is 23.8 Å². The van der Waals surface area contributed by atoms with Crippen molar-refractivity contribution in [1.82, 2.24) is 10.2 Å². The number of anilines is 1. The minimum absolute atomic E-state index is 0.0221. The minimum Gasteiger partial charge on any atom is -0.497 e. The molecular formula is C24H28ClN3O3. The number of methoxy groups -OCH3 is 1. The van der Waals surface area contributed by atoms with E-state index in [0.29, 0.717) is 22.2 Å². The van der Waals surface area contributed by atoms with Crippen molar-refractivity contribution >= 4 is 29.1 Å². The third-order valence-corrected chi connectivity index (χ3v) is 6.16. The molecule has 0 spiro atoms. The number of likely N-dealkylation sites (tertiary alicyclic amines) is 1. The predicted molar refractivity (Wildman–Crippen MR) is 122 cm³/mol. The van der Waals surface area contributed by atoms with Gasteiger partial charge in [-0.2, -0.15) is 0 Å². The van der Waals surface area contributed by atoms with Crippen molar-refractivity contribution in [1.29, 1.82) is 0 Å². The summed E-state index contributed by atoms with van der Waals surface area (Å²) in [6, 6.07) is 13.0. The highest BCUT2D eigenvalue weighted by Crippen LogP contribution is 2.41. The summed E-state index contributed by atoms with van der Waals surface area (Å²) in [5.41, 5.74) is 2.21. The van der Waals surface area contributed by atoms with Gasteiger partial charge in [0.15, 0.2) is 0 Å². The summed E-state index contributed by atoms with van der Waals surface area (Å²) in [6.07, 6.45) is 4.26. The van der Waals surface area contributed by atoms with Gasteiger partial charge in [-0.25, -0.2) is 0 Å². The lowest BCUT2D eigenvalue weighted by Crippen LogP contribution is -2.35. The molecular weight excluding hydrogens is 414 g/mol. The van der Waals surface area contributed by atoms with Crippen LogP contribution in [0.2, 0.25) is 5.02 Å². The van der Waals surface area contributed by atoms with E-state index in [1.165, 1.54) is 0 Å². The predicted octanol–water partition coefficient (Wildman–Crippen LogP) is 4.26. The van der Waals surface area contributed by atoms with E-state index in [9.17, 15) is 9.59 Å². The number of rotatable bonds is 8. The fourth-order valence-electron chi connectivity index (χ4n) is 4.05. The molecule has 1 saturated carbocycles. The molecule has 2 aliphatic rings. The van der Waals surface area contributed by atoms with Crippen LogP contribution in [0.5, 0.6) is 5.75 Å². The van der Waals surface area contributed by atoms with Crippen LogP contribution in [0.3, 0.4) is 0 Å². The smallest absolute Gasteiger partial charge is 0.255 e. The summed E-state index contributed by atoms with van der Waals surface area (Å²) in [5, 5.41) is 6.80. The zero-order valence-corrected chi connectivity index (χ0v) is 18.5. The molecule has 0 radical (unpaired) electrons. The summed E-state index contributed by atoms with van der Waals surface area (Å²) in [7, 11) is 1.64. The van der Waals surface area contributed by atoms with Crippen LogP contribution in [0.4, 0.5) is 5.69 Å². The van der Waals surface area contributed by atoms with E-state index in [2.05, 4.69) is 10.6 Å². The molecule has 2 amide bonds. The van der Waals surface area contributed by atoms with Crippen LogP contribution in [0.1, 0.15) is 47.6 Å². The molecule has 1 aliphatic carbocycles. The molecule has 0 bridgehead atoms. The number of nitrogens with one attached hydrogen (secondary N) is 2. The fraction of sp³-hybridized carbons (Fsp3) is 0.417. The topological polar surface area (TPSA) is 70.7 Å². The third kappa shape index (κ3) is 5.31. The van der Waals surface area contributed by atoms with Gasteiger partial charge in [0.1, 0.15) is 5.75 Å². The molecule has 1 saturated heterocycles. The maximum absolute atomic E-state index is 12.9. The fourth-order valence-corrected chi connectivity index (χ4v) is 4.23. The van der Waals surface area contributed by atoms with Crippen LogP contribution in [-0.4, -0.2) is 43.5 Å². The Morgan fingerprint density at radius 1 is 1.13 bits per heavy atom. The largest absolute Gasteiger partial charge is 0.497 e. The summed E-state index contributed by atoms with van der Waals surface area (Å²) >= 11 is 6.16. The number of nitrogens with zero attached hydrogens (tertiary/aromatic N) is 1. The lowest BCUT2D eigenvalue weighted by Gasteiger charge is -2.21. The van der Waals surface area contributed by atoms with Crippen molar-refractivity contribution in [2.45, 2.75) is 31.7 Å². The minimum atomic E-state index is -0.118. The van der Waals surface area contributed by atoms with Gasteiger partial charge in [-0.05, 0) is 67.5 Å². The first-order chi connectivity index (χ1) is 15.0. The van der Waals surface area contributed by atoms with E-state index in [1.807, 2.05) is 29.2 Å². The molecule has 2 fully saturated rings. The van der Waals surface area contributed by atoms with E-state index in [4.69, 9.17) is 16.3 Å². The second-order valence-corrected chi connectivity index (χ2v) is 8.63. The van der Waals surface area contributed by atoms with Crippen molar-refractivity contribution in [2.75, 3.05) is 32.1 Å². The molecule has 7 heteroatoms. The Kier molecular flexibility index (Phi) is 6.66. The first kappa shape index (κ1) is 21.5. The summed E-state index contributed by atoms with van der Waals surface area (Å²) in [4.78, 5) is 27.5. The van der Waals surface area contributed by atoms with Crippen LogP contribution in [-0.2, 0) is 4.79 Å².